The number of ether oxygens (including phenoxy) is 4. The van der Waals surface area contributed by atoms with Crippen LogP contribution < -0.4 is 30.0 Å². The molecule has 188 valence electrons. The Morgan fingerprint density at radius 2 is 1.83 bits per heavy atom. The van der Waals surface area contributed by atoms with Crippen LogP contribution in [0.2, 0.25) is 0 Å². The van der Waals surface area contributed by atoms with E-state index in [0.29, 0.717) is 17.2 Å². The molecule has 9 nitrogen and oxygen atoms in total. The number of halogens is 1. The number of benzene rings is 2. The smallest absolute Gasteiger partial charge is 0.318 e. The van der Waals surface area contributed by atoms with Crippen molar-refractivity contribution in [3.8, 4) is 17.2 Å². The summed E-state index contributed by atoms with van der Waals surface area (Å²) in [5, 5.41) is 5.28. The second-order valence-corrected chi connectivity index (χ2v) is 9.11. The fourth-order valence-corrected chi connectivity index (χ4v) is 5.54. The molecule has 0 amide bonds. The van der Waals surface area contributed by atoms with Crippen molar-refractivity contribution in [2.24, 2.45) is 5.92 Å². The molecule has 1 saturated heterocycles. The van der Waals surface area contributed by atoms with E-state index in [4.69, 9.17) is 30.5 Å². The zero-order valence-electron chi connectivity index (χ0n) is 20.2. The maximum Gasteiger partial charge on any atom is 0.318 e. The molecule has 2 N–H and O–H groups in total. The Bertz CT molecular complexity index is 1080. The Hall–Kier alpha value is -2.72. The third-order valence-corrected chi connectivity index (χ3v) is 7.33. The van der Waals surface area contributed by atoms with Crippen LogP contribution in [0.25, 0.3) is 0 Å². The summed E-state index contributed by atoms with van der Waals surface area (Å²) in [7, 11) is 5.62. The molecular weight excluding hydrogens is 472 g/mol. The Morgan fingerprint density at radius 1 is 1.14 bits per heavy atom. The molecule has 3 aliphatic rings. The number of anilines is 1. The van der Waals surface area contributed by atoms with E-state index in [-0.39, 0.29) is 18.8 Å². The second-order valence-electron chi connectivity index (χ2n) is 8.89. The van der Waals surface area contributed by atoms with Crippen molar-refractivity contribution in [1.82, 2.24) is 15.6 Å². The topological polar surface area (TPSA) is 84.5 Å². The minimum Gasteiger partial charge on any atom is -0.458 e. The molecule has 1 fully saturated rings. The molecule has 3 heterocycles. The third-order valence-electron chi connectivity index (χ3n) is 7.22. The molecule has 3 unspecified atom stereocenters. The van der Waals surface area contributed by atoms with Crippen molar-refractivity contribution in [2.75, 3.05) is 52.1 Å². The highest BCUT2D eigenvalue weighted by molar-refractivity contribution is 6.17. The number of hydrazine groups is 1. The summed E-state index contributed by atoms with van der Waals surface area (Å²) in [6.07, 6.45) is 2.04. The van der Waals surface area contributed by atoms with Crippen molar-refractivity contribution in [2.45, 2.75) is 24.6 Å². The van der Waals surface area contributed by atoms with E-state index >= 15 is 0 Å². The predicted octanol–water partition coefficient (Wildman–Crippen LogP) is 2.83. The van der Waals surface area contributed by atoms with E-state index in [1.54, 1.807) is 0 Å². The standard InChI is InChI=1S/C25H31ClN4O5/c1-27-25(30-10-4-5-11-30)23(24(31)32-14-26)22(16-6-8-17(9-7-16)29(3)28-2)18-12-20-21(34-15-33-20)13-19(18)35-25/h6-9,12-13,22-23,27-28H,4-5,10-11,14-15H2,1-3H3. The van der Waals surface area contributed by atoms with E-state index in [1.165, 1.54) is 0 Å². The fraction of sp³-hybridized carbons (Fsp3) is 0.480. The number of rotatable bonds is 7. The Labute approximate surface area is 210 Å². The summed E-state index contributed by atoms with van der Waals surface area (Å²) in [5.74, 6) is -0.757. The lowest BCUT2D eigenvalue weighted by Crippen LogP contribution is -2.69. The summed E-state index contributed by atoms with van der Waals surface area (Å²) in [5.41, 5.74) is 5.89. The van der Waals surface area contributed by atoms with Crippen LogP contribution in [0.15, 0.2) is 36.4 Å². The maximum absolute atomic E-state index is 13.7. The molecule has 0 spiro atoms. The van der Waals surface area contributed by atoms with Gasteiger partial charge in [0, 0.05) is 44.7 Å². The monoisotopic (exact) mass is 502 g/mol. The third kappa shape index (κ3) is 4.06. The summed E-state index contributed by atoms with van der Waals surface area (Å²) in [6.45, 7) is 1.74. The highest BCUT2D eigenvalue weighted by atomic mass is 35.5. The van der Waals surface area contributed by atoms with Crippen LogP contribution in [-0.4, -0.2) is 63.8 Å². The lowest BCUT2D eigenvalue weighted by atomic mass is 9.74. The lowest BCUT2D eigenvalue weighted by molar-refractivity contribution is -0.186. The van der Waals surface area contributed by atoms with Gasteiger partial charge in [0.2, 0.25) is 12.6 Å². The highest BCUT2D eigenvalue weighted by Crippen LogP contribution is 2.53. The van der Waals surface area contributed by atoms with Gasteiger partial charge in [-0.3, -0.25) is 15.0 Å². The second kappa shape index (κ2) is 9.73. The van der Waals surface area contributed by atoms with Crippen molar-refractivity contribution in [3.63, 3.8) is 0 Å². The number of carbonyl (C=O) groups is 1. The molecule has 0 saturated carbocycles. The van der Waals surface area contributed by atoms with E-state index in [0.717, 1.165) is 42.7 Å². The molecule has 3 aliphatic heterocycles. The molecule has 10 heteroatoms. The number of hydrogen-bond donors (Lipinski definition) is 2. The first kappa shape index (κ1) is 24.0. The Kier molecular flexibility index (Phi) is 6.67. The molecule has 0 aromatic heterocycles. The number of nitrogens with one attached hydrogen (secondary N) is 2. The molecule has 35 heavy (non-hydrogen) atoms. The van der Waals surface area contributed by atoms with Crippen molar-refractivity contribution in [3.05, 3.63) is 47.5 Å². The largest absolute Gasteiger partial charge is 0.458 e. The minimum absolute atomic E-state index is 0.148. The number of nitrogens with zero attached hydrogens (tertiary/aromatic N) is 2. The summed E-state index contributed by atoms with van der Waals surface area (Å²) < 4.78 is 23.5. The first-order valence-corrected chi connectivity index (χ1v) is 12.4. The van der Waals surface area contributed by atoms with Crippen LogP contribution in [0, 0.1) is 5.92 Å². The highest BCUT2D eigenvalue weighted by Gasteiger charge is 2.58. The van der Waals surface area contributed by atoms with E-state index < -0.39 is 17.7 Å². The van der Waals surface area contributed by atoms with Crippen LogP contribution in [-0.2, 0) is 9.53 Å². The minimum atomic E-state index is -1.12. The Balaban J connectivity index is 1.70. The van der Waals surface area contributed by atoms with Crippen molar-refractivity contribution >= 4 is 23.3 Å². The normalized spacial score (nSPS) is 25.1. The number of likely N-dealkylation sites (tertiary alicyclic amines) is 1. The Morgan fingerprint density at radius 3 is 2.46 bits per heavy atom. The molecule has 0 bridgehead atoms. The van der Waals surface area contributed by atoms with Crippen LogP contribution in [0.3, 0.4) is 0 Å². The molecule has 2 aromatic rings. The number of fused-ring (bicyclic) bond motifs is 2. The van der Waals surface area contributed by atoms with Gasteiger partial charge in [-0.25, -0.2) is 5.43 Å². The molecule has 0 radical (unpaired) electrons. The maximum atomic E-state index is 13.7. The molecule has 3 atom stereocenters. The number of alkyl halides is 1. The number of hydrogen-bond acceptors (Lipinski definition) is 9. The van der Waals surface area contributed by atoms with Crippen LogP contribution in [0.5, 0.6) is 17.2 Å². The average Bonchev–Trinajstić information content (AvgIpc) is 3.58. The van der Waals surface area contributed by atoms with Crippen molar-refractivity contribution < 1.29 is 23.7 Å². The van der Waals surface area contributed by atoms with Crippen LogP contribution in [0.1, 0.15) is 29.9 Å². The summed E-state index contributed by atoms with van der Waals surface area (Å²) >= 11 is 5.89. The first-order valence-electron chi connectivity index (χ1n) is 11.8. The molecule has 5 rings (SSSR count). The molecular formula is C25H31ClN4O5. The zero-order valence-corrected chi connectivity index (χ0v) is 20.9. The summed E-state index contributed by atoms with van der Waals surface area (Å²) in [4.78, 5) is 15.8. The lowest BCUT2D eigenvalue weighted by Gasteiger charge is -2.51. The SMILES string of the molecule is CNN(C)c1ccc(C2c3cc4c(cc3OC(NC)(N3CCCC3)C2C(=O)OCCl)OCO4)cc1. The van der Waals surface area contributed by atoms with Gasteiger partial charge in [-0.2, -0.15) is 0 Å². The summed E-state index contributed by atoms with van der Waals surface area (Å²) in [6, 6.07) is 11.7. The van der Waals surface area contributed by atoms with Gasteiger partial charge in [-0.05, 0) is 43.7 Å². The molecule has 0 aliphatic carbocycles. The zero-order chi connectivity index (χ0) is 24.6. The van der Waals surface area contributed by atoms with Gasteiger partial charge >= 0.3 is 5.97 Å². The van der Waals surface area contributed by atoms with Gasteiger partial charge in [0.25, 0.3) is 0 Å². The van der Waals surface area contributed by atoms with Crippen molar-refractivity contribution in [1.29, 1.82) is 0 Å². The van der Waals surface area contributed by atoms with Crippen LogP contribution in [0.4, 0.5) is 5.69 Å². The van der Waals surface area contributed by atoms with Gasteiger partial charge in [0.05, 0.1) is 5.69 Å². The van der Waals surface area contributed by atoms with E-state index in [2.05, 4.69) is 15.6 Å². The number of esters is 1. The van der Waals surface area contributed by atoms with Gasteiger partial charge in [-0.15, -0.1) is 0 Å². The number of carbonyl (C=O) groups excluding carboxylic acids is 1. The average molecular weight is 503 g/mol. The van der Waals surface area contributed by atoms with Gasteiger partial charge in [0.15, 0.2) is 17.6 Å². The van der Waals surface area contributed by atoms with E-state index in [9.17, 15) is 4.79 Å². The fourth-order valence-electron chi connectivity index (χ4n) is 5.43. The predicted molar refractivity (Wildman–Crippen MR) is 132 cm³/mol. The van der Waals surface area contributed by atoms with E-state index in [1.807, 2.05) is 62.6 Å². The van der Waals surface area contributed by atoms with Gasteiger partial charge in [-0.1, -0.05) is 23.7 Å². The van der Waals surface area contributed by atoms with Crippen LogP contribution >= 0.6 is 11.6 Å². The first-order chi connectivity index (χ1) is 17.0. The van der Waals surface area contributed by atoms with Gasteiger partial charge in [0.1, 0.15) is 11.7 Å². The van der Waals surface area contributed by atoms with Gasteiger partial charge < -0.3 is 24.0 Å². The quantitative estimate of drug-likeness (QED) is 0.337. The molecule has 2 aromatic carbocycles.